The summed E-state index contributed by atoms with van der Waals surface area (Å²) >= 11 is 3.57. The molecule has 94 valence electrons. The molecule has 0 aliphatic rings. The maximum absolute atomic E-state index is 3.57. The highest BCUT2D eigenvalue weighted by atomic mass is 79.9. The van der Waals surface area contributed by atoms with Crippen LogP contribution in [0.5, 0.6) is 0 Å². The summed E-state index contributed by atoms with van der Waals surface area (Å²) in [5.41, 5.74) is 3.90. The first-order valence-corrected chi connectivity index (χ1v) is 6.99. The zero-order valence-electron chi connectivity index (χ0n) is 10.8. The van der Waals surface area contributed by atoms with Gasteiger partial charge >= 0.3 is 0 Å². The maximum atomic E-state index is 3.57. The second-order valence-electron chi connectivity index (χ2n) is 4.60. The second kappa shape index (κ2) is 6.17. The molecule has 0 amide bonds. The molecule has 1 unspecified atom stereocenters. The molecule has 0 spiro atoms. The summed E-state index contributed by atoms with van der Waals surface area (Å²) in [7, 11) is 0. The Morgan fingerprint density at radius 2 is 1.83 bits per heavy atom. The van der Waals surface area contributed by atoms with Gasteiger partial charge in [0.05, 0.1) is 0 Å². The molecule has 2 aromatic carbocycles. The van der Waals surface area contributed by atoms with E-state index in [0.29, 0.717) is 6.04 Å². The fourth-order valence-electron chi connectivity index (χ4n) is 1.88. The summed E-state index contributed by atoms with van der Waals surface area (Å²) in [5, 5.41) is 3.54. The first-order valence-electron chi connectivity index (χ1n) is 6.20. The summed E-state index contributed by atoms with van der Waals surface area (Å²) in [5.74, 6) is 0. The van der Waals surface area contributed by atoms with Gasteiger partial charge in [0.2, 0.25) is 0 Å². The molecule has 0 fully saturated rings. The van der Waals surface area contributed by atoms with Crippen LogP contribution in [0.1, 0.15) is 29.7 Å². The van der Waals surface area contributed by atoms with Crippen molar-refractivity contribution in [2.75, 3.05) is 0 Å². The third kappa shape index (κ3) is 3.44. The molecule has 0 aromatic heterocycles. The van der Waals surface area contributed by atoms with Crippen LogP contribution in [0.3, 0.4) is 0 Å². The predicted octanol–water partition coefficient (Wildman–Crippen LogP) is 4.61. The van der Waals surface area contributed by atoms with Gasteiger partial charge in [-0.2, -0.15) is 0 Å². The van der Waals surface area contributed by atoms with E-state index in [9.17, 15) is 0 Å². The summed E-state index contributed by atoms with van der Waals surface area (Å²) in [6, 6.07) is 17.4. The number of rotatable bonds is 4. The van der Waals surface area contributed by atoms with Crippen LogP contribution in [0, 0.1) is 6.92 Å². The van der Waals surface area contributed by atoms with E-state index in [-0.39, 0.29) is 0 Å². The lowest BCUT2D eigenvalue weighted by molar-refractivity contribution is 0.574. The molecule has 1 N–H and O–H groups in total. The average Bonchev–Trinajstić information content (AvgIpc) is 2.41. The quantitative estimate of drug-likeness (QED) is 0.870. The van der Waals surface area contributed by atoms with Crippen molar-refractivity contribution < 1.29 is 0 Å². The number of nitrogens with one attached hydrogen (secondary N) is 1. The van der Waals surface area contributed by atoms with Gasteiger partial charge in [0.1, 0.15) is 0 Å². The van der Waals surface area contributed by atoms with E-state index in [2.05, 4.69) is 77.6 Å². The largest absolute Gasteiger partial charge is 0.306 e. The van der Waals surface area contributed by atoms with Crippen molar-refractivity contribution in [3.63, 3.8) is 0 Å². The first-order chi connectivity index (χ1) is 8.66. The normalized spacial score (nSPS) is 12.4. The van der Waals surface area contributed by atoms with Gasteiger partial charge in [-0.3, -0.25) is 0 Å². The van der Waals surface area contributed by atoms with E-state index < -0.39 is 0 Å². The second-order valence-corrected chi connectivity index (χ2v) is 5.45. The van der Waals surface area contributed by atoms with Crippen molar-refractivity contribution in [3.05, 3.63) is 69.7 Å². The van der Waals surface area contributed by atoms with Gasteiger partial charge < -0.3 is 5.32 Å². The van der Waals surface area contributed by atoms with Gasteiger partial charge in [-0.25, -0.2) is 0 Å². The van der Waals surface area contributed by atoms with Crippen LogP contribution in [0.25, 0.3) is 0 Å². The smallest absolute Gasteiger partial charge is 0.0294 e. The molecule has 1 nitrogen and oxygen atoms in total. The van der Waals surface area contributed by atoms with Gasteiger partial charge in [-0.15, -0.1) is 0 Å². The number of aryl methyl sites for hydroxylation is 1. The van der Waals surface area contributed by atoms with Crippen LogP contribution in [-0.2, 0) is 6.54 Å². The first kappa shape index (κ1) is 13.3. The molecule has 2 rings (SSSR count). The number of hydrogen-bond acceptors (Lipinski definition) is 1. The zero-order valence-corrected chi connectivity index (χ0v) is 12.4. The summed E-state index contributed by atoms with van der Waals surface area (Å²) in [6.07, 6.45) is 0. The molecule has 18 heavy (non-hydrogen) atoms. The summed E-state index contributed by atoms with van der Waals surface area (Å²) < 4.78 is 1.18. The Morgan fingerprint density at radius 1 is 1.11 bits per heavy atom. The Labute approximate surface area is 117 Å². The molecule has 2 heteroatoms. The highest BCUT2D eigenvalue weighted by molar-refractivity contribution is 9.10. The van der Waals surface area contributed by atoms with Crippen molar-refractivity contribution in [1.29, 1.82) is 0 Å². The van der Waals surface area contributed by atoms with Crippen LogP contribution in [-0.4, -0.2) is 0 Å². The fraction of sp³-hybridized carbons (Fsp3) is 0.250. The number of hydrogen-bond donors (Lipinski definition) is 1. The van der Waals surface area contributed by atoms with Gasteiger partial charge in [0.15, 0.2) is 0 Å². The van der Waals surface area contributed by atoms with E-state index >= 15 is 0 Å². The zero-order chi connectivity index (χ0) is 13.0. The molecule has 0 heterocycles. The van der Waals surface area contributed by atoms with E-state index in [1.54, 1.807) is 0 Å². The molecule has 2 aromatic rings. The maximum Gasteiger partial charge on any atom is 0.0294 e. The third-order valence-corrected chi connectivity index (χ3v) is 4.00. The minimum absolute atomic E-state index is 0.367. The van der Waals surface area contributed by atoms with E-state index in [1.165, 1.54) is 21.2 Å². The van der Waals surface area contributed by atoms with Crippen molar-refractivity contribution in [3.8, 4) is 0 Å². The minimum Gasteiger partial charge on any atom is -0.306 e. The molecule has 0 aliphatic heterocycles. The molecule has 0 saturated heterocycles. The number of halogens is 1. The van der Waals surface area contributed by atoms with Crippen molar-refractivity contribution >= 4 is 15.9 Å². The predicted molar refractivity (Wildman–Crippen MR) is 80.6 cm³/mol. The van der Waals surface area contributed by atoms with E-state index in [0.717, 1.165) is 6.54 Å². The van der Waals surface area contributed by atoms with Crippen LogP contribution < -0.4 is 5.32 Å². The van der Waals surface area contributed by atoms with Crippen LogP contribution >= 0.6 is 15.9 Å². The highest BCUT2D eigenvalue weighted by Gasteiger charge is 2.04. The minimum atomic E-state index is 0.367. The molecule has 0 bridgehead atoms. The lowest BCUT2D eigenvalue weighted by Crippen LogP contribution is -2.17. The van der Waals surface area contributed by atoms with Crippen LogP contribution in [0.2, 0.25) is 0 Å². The molecule has 0 saturated carbocycles. The fourth-order valence-corrected chi connectivity index (χ4v) is 2.30. The van der Waals surface area contributed by atoms with Gasteiger partial charge in [-0.1, -0.05) is 58.4 Å². The standard InChI is InChI=1S/C16H18BrN/c1-12-8-9-14(10-16(12)17)11-18-13(2)15-6-4-3-5-7-15/h3-10,13,18H,11H2,1-2H3. The lowest BCUT2D eigenvalue weighted by atomic mass is 10.1. The monoisotopic (exact) mass is 303 g/mol. The Hall–Kier alpha value is -1.12. The van der Waals surface area contributed by atoms with Gasteiger partial charge in [0.25, 0.3) is 0 Å². The third-order valence-electron chi connectivity index (χ3n) is 3.15. The molecule has 1 atom stereocenters. The van der Waals surface area contributed by atoms with E-state index in [1.807, 2.05) is 6.07 Å². The SMILES string of the molecule is Cc1ccc(CNC(C)c2ccccc2)cc1Br. The van der Waals surface area contributed by atoms with Gasteiger partial charge in [0, 0.05) is 17.1 Å². The topological polar surface area (TPSA) is 12.0 Å². The molecule has 0 aliphatic carbocycles. The average molecular weight is 304 g/mol. The Morgan fingerprint density at radius 3 is 2.50 bits per heavy atom. The molecule has 0 radical (unpaired) electrons. The molecular weight excluding hydrogens is 286 g/mol. The van der Waals surface area contributed by atoms with Crippen molar-refractivity contribution in [2.45, 2.75) is 26.4 Å². The number of benzene rings is 2. The van der Waals surface area contributed by atoms with Gasteiger partial charge in [-0.05, 0) is 36.6 Å². The molecular formula is C16H18BrN. The Kier molecular flexibility index (Phi) is 4.56. The van der Waals surface area contributed by atoms with Crippen molar-refractivity contribution in [1.82, 2.24) is 5.32 Å². The Balaban J connectivity index is 1.97. The van der Waals surface area contributed by atoms with E-state index in [4.69, 9.17) is 0 Å². The summed E-state index contributed by atoms with van der Waals surface area (Å²) in [4.78, 5) is 0. The Bertz CT molecular complexity index is 508. The lowest BCUT2D eigenvalue weighted by Gasteiger charge is -2.14. The van der Waals surface area contributed by atoms with Crippen molar-refractivity contribution in [2.24, 2.45) is 0 Å². The highest BCUT2D eigenvalue weighted by Crippen LogP contribution is 2.18. The van der Waals surface area contributed by atoms with Crippen LogP contribution in [0.4, 0.5) is 0 Å². The van der Waals surface area contributed by atoms with Crippen LogP contribution in [0.15, 0.2) is 53.0 Å². The summed E-state index contributed by atoms with van der Waals surface area (Å²) in [6.45, 7) is 5.18.